The number of methoxy groups -OCH3 is 1. The van der Waals surface area contributed by atoms with Gasteiger partial charge in [-0.2, -0.15) is 5.26 Å². The number of likely N-dealkylation sites (tertiary alicyclic amines) is 1. The summed E-state index contributed by atoms with van der Waals surface area (Å²) in [7, 11) is 3.65. The molecular weight excluding hydrogens is 661 g/mol. The van der Waals surface area contributed by atoms with Crippen molar-refractivity contribution >= 4 is 33.5 Å². The molecule has 2 bridgehead atoms. The minimum absolute atomic E-state index is 0.0411. The van der Waals surface area contributed by atoms with Crippen LogP contribution in [0.25, 0.3) is 32.8 Å². The molecule has 52 heavy (non-hydrogen) atoms. The lowest BCUT2D eigenvalue weighted by Crippen LogP contribution is -2.50. The third-order valence-electron chi connectivity index (χ3n) is 10.7. The van der Waals surface area contributed by atoms with Crippen LogP contribution >= 0.6 is 0 Å². The number of ether oxygens (including phenoxy) is 4. The van der Waals surface area contributed by atoms with Gasteiger partial charge in [0.25, 0.3) is 0 Å². The molecule has 1 saturated carbocycles. The van der Waals surface area contributed by atoms with Gasteiger partial charge < -0.3 is 29.2 Å². The third kappa shape index (κ3) is 6.94. The van der Waals surface area contributed by atoms with Crippen molar-refractivity contribution in [1.29, 1.82) is 5.26 Å². The molecule has 0 radical (unpaired) electrons. The molecular formula is C41H48FN5O5. The molecule has 1 amide bonds. The molecule has 5 atom stereocenters. The second kappa shape index (κ2) is 14.4. The number of carbonyl (C=O) groups excluding carboxylic acids is 1. The number of anilines is 1. The maximum Gasteiger partial charge on any atom is 0.410 e. The molecule has 3 aromatic carbocycles. The Morgan fingerprint density at radius 1 is 1.17 bits per heavy atom. The van der Waals surface area contributed by atoms with Crippen molar-refractivity contribution < 1.29 is 28.1 Å². The number of carbonyl (C=O) groups is 1. The number of likely N-dealkylation sites (N-methyl/N-ethyl adjacent to an activating group) is 1. The summed E-state index contributed by atoms with van der Waals surface area (Å²) in [6.45, 7) is 9.28. The molecule has 4 heterocycles. The van der Waals surface area contributed by atoms with Crippen LogP contribution in [-0.2, 0) is 15.9 Å². The van der Waals surface area contributed by atoms with E-state index in [0.29, 0.717) is 52.4 Å². The fourth-order valence-electron chi connectivity index (χ4n) is 8.25. The SMILES string of the molecule is COCOc1cc(-c2c(CCC#N)cc3c(NC4C5CC4N(C(=O)OC(C)(C)C)C5)cc(O[C@@H](C)[C@@H]4CCCN4C)nc3c2F)c2ccccc2c1. The Bertz CT molecular complexity index is 2030. The highest BCUT2D eigenvalue weighted by Gasteiger charge is 2.55. The van der Waals surface area contributed by atoms with E-state index in [-0.39, 0.29) is 55.0 Å². The predicted octanol–water partition coefficient (Wildman–Crippen LogP) is 7.91. The quantitative estimate of drug-likeness (QED) is 0.155. The third-order valence-corrected chi connectivity index (χ3v) is 10.7. The van der Waals surface area contributed by atoms with Gasteiger partial charge in [-0.3, -0.25) is 4.90 Å². The number of rotatable bonds is 11. The van der Waals surface area contributed by atoms with E-state index in [0.717, 1.165) is 36.6 Å². The number of hydrogen-bond acceptors (Lipinski definition) is 9. The van der Waals surface area contributed by atoms with Crippen LogP contribution in [0.4, 0.5) is 14.9 Å². The fraction of sp³-hybridized carbons (Fsp3) is 0.488. The molecule has 11 heteroatoms. The van der Waals surface area contributed by atoms with Crippen molar-refractivity contribution in [2.45, 2.75) is 89.6 Å². The van der Waals surface area contributed by atoms with Crippen molar-refractivity contribution in [3.63, 3.8) is 0 Å². The maximum absolute atomic E-state index is 17.6. The molecule has 1 aliphatic carbocycles. The lowest BCUT2D eigenvalue weighted by molar-refractivity contribution is 0.0239. The Morgan fingerprint density at radius 2 is 1.98 bits per heavy atom. The van der Waals surface area contributed by atoms with Gasteiger partial charge in [0.2, 0.25) is 5.88 Å². The number of nitrogens with zero attached hydrogens (tertiary/aromatic N) is 4. The molecule has 1 N–H and O–H groups in total. The summed E-state index contributed by atoms with van der Waals surface area (Å²) in [5.74, 6) is 0.596. The summed E-state index contributed by atoms with van der Waals surface area (Å²) < 4.78 is 40.9. The van der Waals surface area contributed by atoms with E-state index in [1.807, 2.05) is 81.1 Å². The number of nitrogens with one attached hydrogen (secondary N) is 1. The zero-order chi connectivity index (χ0) is 36.7. The number of halogens is 1. The molecule has 3 saturated heterocycles. The van der Waals surface area contributed by atoms with Crippen molar-refractivity contribution in [2.75, 3.05) is 39.4 Å². The molecule has 3 unspecified atom stereocenters. The van der Waals surface area contributed by atoms with Crippen LogP contribution in [0.3, 0.4) is 0 Å². The number of hydrogen-bond donors (Lipinski definition) is 1. The van der Waals surface area contributed by atoms with E-state index < -0.39 is 11.4 Å². The summed E-state index contributed by atoms with van der Waals surface area (Å²) in [6, 6.07) is 17.7. The minimum atomic E-state index is -0.597. The van der Waals surface area contributed by atoms with Gasteiger partial charge in [0, 0.05) is 54.7 Å². The Morgan fingerprint density at radius 3 is 2.71 bits per heavy atom. The van der Waals surface area contributed by atoms with E-state index in [9.17, 15) is 10.1 Å². The van der Waals surface area contributed by atoms with Crippen molar-refractivity contribution in [3.05, 3.63) is 59.9 Å². The smallest absolute Gasteiger partial charge is 0.410 e. The molecule has 0 spiro atoms. The van der Waals surface area contributed by atoms with Gasteiger partial charge in [-0.05, 0) is 107 Å². The maximum atomic E-state index is 17.6. The van der Waals surface area contributed by atoms with E-state index in [1.165, 1.54) is 0 Å². The number of benzene rings is 3. The van der Waals surface area contributed by atoms with E-state index >= 15 is 4.39 Å². The standard InChI is InChI=1S/C41H48FN5O5/c1-24(33-14-10-16-46(33)5)51-35-21-32(44-38-27-19-34(38)47(22-27)40(48)52-41(2,3)4)31-18-26(12-9-15-43)36(37(42)39(31)45-35)30-20-28(50-23-49-6)17-25-11-7-8-13-29(25)30/h7-8,11,13,17-18,20-21,24,27,33-34,38H,9-10,12,14,16,19,22-23H2,1-6H3,(H,44,45)/t24-,27?,33-,34?,38?/m0/s1. The average molecular weight is 710 g/mol. The number of nitriles is 1. The summed E-state index contributed by atoms with van der Waals surface area (Å²) in [5, 5.41) is 15.7. The number of aryl methyl sites for hydroxylation is 1. The zero-order valence-corrected chi connectivity index (χ0v) is 30.9. The van der Waals surface area contributed by atoms with Gasteiger partial charge in [-0.1, -0.05) is 24.3 Å². The van der Waals surface area contributed by atoms with Crippen LogP contribution in [0, 0.1) is 23.1 Å². The lowest BCUT2D eigenvalue weighted by Gasteiger charge is -2.38. The Hall–Kier alpha value is -4.66. The molecule has 3 aliphatic heterocycles. The lowest BCUT2D eigenvalue weighted by atomic mass is 9.79. The van der Waals surface area contributed by atoms with Crippen LogP contribution in [0.1, 0.15) is 58.9 Å². The summed E-state index contributed by atoms with van der Waals surface area (Å²) in [6.07, 6.45) is 3.02. The normalized spacial score (nSPS) is 21.9. The zero-order valence-electron chi connectivity index (χ0n) is 30.9. The minimum Gasteiger partial charge on any atom is -0.473 e. The average Bonchev–Trinajstić information content (AvgIpc) is 3.84. The summed E-state index contributed by atoms with van der Waals surface area (Å²) >= 11 is 0. The number of pyridine rings is 1. The molecule has 4 fully saturated rings. The van der Waals surface area contributed by atoms with Gasteiger partial charge in [0.05, 0.1) is 18.2 Å². The highest BCUT2D eigenvalue weighted by Crippen LogP contribution is 2.46. The second-order valence-corrected chi connectivity index (χ2v) is 15.4. The second-order valence-electron chi connectivity index (χ2n) is 15.4. The fourth-order valence-corrected chi connectivity index (χ4v) is 8.25. The van der Waals surface area contributed by atoms with E-state index in [4.69, 9.17) is 23.9 Å². The van der Waals surface area contributed by atoms with Gasteiger partial charge in [-0.15, -0.1) is 0 Å². The van der Waals surface area contributed by atoms with Crippen molar-refractivity contribution in [3.8, 4) is 28.8 Å². The first-order valence-corrected chi connectivity index (χ1v) is 18.3. The van der Waals surface area contributed by atoms with Gasteiger partial charge in [-0.25, -0.2) is 14.2 Å². The van der Waals surface area contributed by atoms with Crippen molar-refractivity contribution in [1.82, 2.24) is 14.8 Å². The number of aromatic nitrogens is 1. The molecule has 8 rings (SSSR count). The van der Waals surface area contributed by atoms with Crippen LogP contribution in [0.15, 0.2) is 48.5 Å². The molecule has 10 nitrogen and oxygen atoms in total. The summed E-state index contributed by atoms with van der Waals surface area (Å²) in [4.78, 5) is 22.1. The Labute approximate surface area is 304 Å². The summed E-state index contributed by atoms with van der Waals surface area (Å²) in [5.41, 5.74) is 1.97. The van der Waals surface area contributed by atoms with Crippen LogP contribution in [-0.4, -0.2) is 84.7 Å². The molecule has 4 aromatic rings. The highest BCUT2D eigenvalue weighted by atomic mass is 19.1. The van der Waals surface area contributed by atoms with Crippen LogP contribution in [0.5, 0.6) is 11.6 Å². The van der Waals surface area contributed by atoms with E-state index in [2.05, 4.69) is 23.3 Å². The largest absolute Gasteiger partial charge is 0.473 e. The Kier molecular flexibility index (Phi) is 9.89. The van der Waals surface area contributed by atoms with Crippen LogP contribution in [0.2, 0.25) is 0 Å². The van der Waals surface area contributed by atoms with Gasteiger partial charge in [0.1, 0.15) is 23.0 Å². The topological polar surface area (TPSA) is 109 Å². The number of amides is 1. The first-order valence-electron chi connectivity index (χ1n) is 18.3. The van der Waals surface area contributed by atoms with Crippen molar-refractivity contribution in [2.24, 2.45) is 5.92 Å². The first kappa shape index (κ1) is 35.7. The first-order chi connectivity index (χ1) is 25.0. The number of fused-ring (bicyclic) bond motifs is 3. The van der Waals surface area contributed by atoms with Gasteiger partial charge >= 0.3 is 6.09 Å². The van der Waals surface area contributed by atoms with Gasteiger partial charge in [0.15, 0.2) is 12.6 Å². The van der Waals surface area contributed by atoms with E-state index in [1.54, 1.807) is 7.11 Å². The highest BCUT2D eigenvalue weighted by molar-refractivity contribution is 6.03. The molecule has 4 aliphatic rings. The molecule has 274 valence electrons. The molecule has 1 aromatic heterocycles. The monoisotopic (exact) mass is 709 g/mol. The van der Waals surface area contributed by atoms with Crippen LogP contribution < -0.4 is 14.8 Å². The predicted molar refractivity (Wildman–Crippen MR) is 199 cm³/mol. The Balaban J connectivity index is 1.36.